The number of rotatable bonds is 8. The number of carbonyl (C=O) groups is 2. The minimum absolute atomic E-state index is 0.0293. The lowest BCUT2D eigenvalue weighted by Crippen LogP contribution is -2.49. The van der Waals surface area contributed by atoms with Crippen LogP contribution in [0, 0.1) is 5.92 Å². The summed E-state index contributed by atoms with van der Waals surface area (Å²) in [7, 11) is 0. The van der Waals surface area contributed by atoms with E-state index < -0.39 is 0 Å². The van der Waals surface area contributed by atoms with Crippen LogP contribution in [0.1, 0.15) is 70.2 Å². The van der Waals surface area contributed by atoms with E-state index >= 15 is 0 Å². The maximum Gasteiger partial charge on any atom is 0.260 e. The summed E-state index contributed by atoms with van der Waals surface area (Å²) in [4.78, 5) is 26.7. The van der Waals surface area contributed by atoms with Gasteiger partial charge in [0.25, 0.3) is 11.8 Å². The minimum Gasteiger partial charge on any atom is -0.484 e. The molecule has 1 N–H and O–H groups in total. The standard InChI is InChI=1S/C22H34N2O3/c1-5-18(6-2)14-23-22(26)19-10-12-20(13-11-19)27-15-21(25)24-16(3)8-7-9-17(24)4/h10-13,16-18H,5-9,14-15H2,1-4H3,(H,23,26). The van der Waals surface area contributed by atoms with Crippen LogP contribution >= 0.6 is 0 Å². The molecule has 2 rings (SSSR count). The summed E-state index contributed by atoms with van der Waals surface area (Å²) in [5.41, 5.74) is 0.609. The van der Waals surface area contributed by atoms with E-state index in [9.17, 15) is 9.59 Å². The molecule has 2 amide bonds. The third kappa shape index (κ3) is 5.98. The molecule has 5 heteroatoms. The molecule has 27 heavy (non-hydrogen) atoms. The van der Waals surface area contributed by atoms with Gasteiger partial charge in [0, 0.05) is 24.2 Å². The predicted octanol–water partition coefficient (Wildman–Crippen LogP) is 4.02. The predicted molar refractivity (Wildman–Crippen MR) is 108 cm³/mol. The average molecular weight is 375 g/mol. The SMILES string of the molecule is CCC(CC)CNC(=O)c1ccc(OCC(=O)N2C(C)CCCC2C)cc1. The third-order valence-corrected chi connectivity index (χ3v) is 5.67. The number of benzene rings is 1. The van der Waals surface area contributed by atoms with Crippen molar-refractivity contribution in [3.05, 3.63) is 29.8 Å². The van der Waals surface area contributed by atoms with Crippen molar-refractivity contribution in [2.45, 2.75) is 71.9 Å². The second-order valence-corrected chi connectivity index (χ2v) is 7.64. The maximum atomic E-state index is 12.5. The molecule has 1 heterocycles. The highest BCUT2D eigenvalue weighted by molar-refractivity contribution is 5.94. The van der Waals surface area contributed by atoms with Crippen LogP contribution in [-0.4, -0.2) is 41.9 Å². The zero-order valence-corrected chi connectivity index (χ0v) is 17.2. The smallest absolute Gasteiger partial charge is 0.260 e. The molecule has 2 atom stereocenters. The van der Waals surface area contributed by atoms with Crippen LogP contribution in [0.5, 0.6) is 5.75 Å². The molecular formula is C22H34N2O3. The molecule has 0 aromatic heterocycles. The fourth-order valence-corrected chi connectivity index (χ4v) is 3.75. The Morgan fingerprint density at radius 2 is 1.70 bits per heavy atom. The average Bonchev–Trinajstić information content (AvgIpc) is 2.67. The summed E-state index contributed by atoms with van der Waals surface area (Å²) in [6, 6.07) is 7.53. The first-order valence-corrected chi connectivity index (χ1v) is 10.3. The Hall–Kier alpha value is -2.04. The van der Waals surface area contributed by atoms with Crippen molar-refractivity contribution in [1.29, 1.82) is 0 Å². The lowest BCUT2D eigenvalue weighted by molar-refractivity contribution is -0.139. The Balaban J connectivity index is 1.84. The first-order chi connectivity index (χ1) is 13.0. The summed E-state index contributed by atoms with van der Waals surface area (Å²) in [6.07, 6.45) is 5.40. The van der Waals surface area contributed by atoms with E-state index in [1.165, 1.54) is 6.42 Å². The van der Waals surface area contributed by atoms with E-state index in [1.54, 1.807) is 24.3 Å². The second kappa shape index (κ2) is 10.3. The fraction of sp³-hybridized carbons (Fsp3) is 0.636. The van der Waals surface area contributed by atoms with Gasteiger partial charge in [-0.15, -0.1) is 0 Å². The number of piperidine rings is 1. The molecule has 2 unspecified atom stereocenters. The molecule has 1 aromatic rings. The van der Waals surface area contributed by atoms with Crippen LogP contribution < -0.4 is 10.1 Å². The van der Waals surface area contributed by atoms with Crippen molar-refractivity contribution in [3.63, 3.8) is 0 Å². The molecule has 1 aliphatic heterocycles. The van der Waals surface area contributed by atoms with Crippen molar-refractivity contribution >= 4 is 11.8 Å². The Bertz CT molecular complexity index is 600. The molecule has 150 valence electrons. The highest BCUT2D eigenvalue weighted by atomic mass is 16.5. The van der Waals surface area contributed by atoms with Crippen molar-refractivity contribution in [3.8, 4) is 5.75 Å². The number of nitrogens with zero attached hydrogens (tertiary/aromatic N) is 1. The van der Waals surface area contributed by atoms with Crippen LogP contribution in [0.25, 0.3) is 0 Å². The molecule has 1 aromatic carbocycles. The van der Waals surface area contributed by atoms with Gasteiger partial charge in [0.15, 0.2) is 6.61 Å². The Morgan fingerprint density at radius 1 is 1.11 bits per heavy atom. The molecule has 0 saturated carbocycles. The van der Waals surface area contributed by atoms with Gasteiger partial charge in [0.1, 0.15) is 5.75 Å². The normalized spacial score (nSPS) is 19.8. The molecule has 0 aliphatic carbocycles. The van der Waals surface area contributed by atoms with Crippen molar-refractivity contribution in [1.82, 2.24) is 10.2 Å². The third-order valence-electron chi connectivity index (χ3n) is 5.67. The highest BCUT2D eigenvalue weighted by Crippen LogP contribution is 2.23. The largest absolute Gasteiger partial charge is 0.484 e. The molecule has 0 spiro atoms. The van der Waals surface area contributed by atoms with Gasteiger partial charge in [-0.05, 0) is 63.3 Å². The summed E-state index contributed by atoms with van der Waals surface area (Å²) < 4.78 is 5.66. The maximum absolute atomic E-state index is 12.5. The monoisotopic (exact) mass is 374 g/mol. The molecule has 1 aliphatic rings. The fourth-order valence-electron chi connectivity index (χ4n) is 3.75. The van der Waals surface area contributed by atoms with Gasteiger partial charge in [-0.2, -0.15) is 0 Å². The lowest BCUT2D eigenvalue weighted by atomic mass is 9.97. The first-order valence-electron chi connectivity index (χ1n) is 10.3. The van der Waals surface area contributed by atoms with Crippen LogP contribution in [0.2, 0.25) is 0 Å². The molecule has 0 radical (unpaired) electrons. The Kier molecular flexibility index (Phi) is 8.14. The van der Waals surface area contributed by atoms with Gasteiger partial charge < -0.3 is 15.0 Å². The van der Waals surface area contributed by atoms with E-state index in [0.29, 0.717) is 23.8 Å². The number of likely N-dealkylation sites (tertiary alicyclic amines) is 1. The number of hydrogen-bond acceptors (Lipinski definition) is 3. The van der Waals surface area contributed by atoms with Gasteiger partial charge in [0.05, 0.1) is 0 Å². The summed E-state index contributed by atoms with van der Waals surface area (Å²) in [5.74, 6) is 1.08. The topological polar surface area (TPSA) is 58.6 Å². The molecule has 5 nitrogen and oxygen atoms in total. The number of nitrogens with one attached hydrogen (secondary N) is 1. The van der Waals surface area contributed by atoms with Gasteiger partial charge in [-0.25, -0.2) is 0 Å². The van der Waals surface area contributed by atoms with Crippen LogP contribution in [-0.2, 0) is 4.79 Å². The number of ether oxygens (including phenoxy) is 1. The highest BCUT2D eigenvalue weighted by Gasteiger charge is 2.28. The lowest BCUT2D eigenvalue weighted by Gasteiger charge is -2.38. The van der Waals surface area contributed by atoms with Crippen molar-refractivity contribution in [2.75, 3.05) is 13.2 Å². The quantitative estimate of drug-likeness (QED) is 0.748. The summed E-state index contributed by atoms with van der Waals surface area (Å²) >= 11 is 0. The zero-order chi connectivity index (χ0) is 19.8. The van der Waals surface area contributed by atoms with Crippen molar-refractivity contribution in [2.24, 2.45) is 5.92 Å². The van der Waals surface area contributed by atoms with E-state index in [1.807, 2.05) is 4.90 Å². The van der Waals surface area contributed by atoms with Gasteiger partial charge in [-0.1, -0.05) is 26.7 Å². The summed E-state index contributed by atoms with van der Waals surface area (Å²) in [6.45, 7) is 9.21. The number of carbonyl (C=O) groups excluding carboxylic acids is 2. The van der Waals surface area contributed by atoms with Gasteiger partial charge in [0.2, 0.25) is 0 Å². The van der Waals surface area contributed by atoms with E-state index in [2.05, 4.69) is 33.0 Å². The molecule has 1 fully saturated rings. The van der Waals surface area contributed by atoms with Crippen LogP contribution in [0.15, 0.2) is 24.3 Å². The van der Waals surface area contributed by atoms with Gasteiger partial charge in [-0.3, -0.25) is 9.59 Å². The molecule has 0 bridgehead atoms. The van der Waals surface area contributed by atoms with E-state index in [-0.39, 0.29) is 30.5 Å². The van der Waals surface area contributed by atoms with Crippen LogP contribution in [0.4, 0.5) is 0 Å². The van der Waals surface area contributed by atoms with E-state index in [4.69, 9.17) is 4.74 Å². The minimum atomic E-state index is -0.0690. The summed E-state index contributed by atoms with van der Waals surface area (Å²) in [5, 5.41) is 2.98. The van der Waals surface area contributed by atoms with E-state index in [0.717, 1.165) is 25.7 Å². The molecule has 1 saturated heterocycles. The van der Waals surface area contributed by atoms with Crippen molar-refractivity contribution < 1.29 is 14.3 Å². The number of amides is 2. The number of hydrogen-bond donors (Lipinski definition) is 1. The molecular weight excluding hydrogens is 340 g/mol. The second-order valence-electron chi connectivity index (χ2n) is 7.64. The van der Waals surface area contributed by atoms with Gasteiger partial charge >= 0.3 is 0 Å². The zero-order valence-electron chi connectivity index (χ0n) is 17.2. The van der Waals surface area contributed by atoms with Crippen LogP contribution in [0.3, 0.4) is 0 Å². The Morgan fingerprint density at radius 3 is 2.26 bits per heavy atom. The first kappa shape index (κ1) is 21.3. The Labute approximate surface area is 163 Å².